The van der Waals surface area contributed by atoms with Crippen LogP contribution in [0.15, 0.2) is 18.2 Å². The van der Waals surface area contributed by atoms with Crippen LogP contribution >= 0.6 is 0 Å². The zero-order chi connectivity index (χ0) is 11.3. The Morgan fingerprint density at radius 2 is 2.12 bits per heavy atom. The van der Waals surface area contributed by atoms with E-state index in [9.17, 15) is 9.59 Å². The Kier molecular flexibility index (Phi) is 1.76. The molecular formula is C13H13NO2. The first-order valence-electron chi connectivity index (χ1n) is 5.60. The maximum Gasteiger partial charge on any atom is 0.235 e. The van der Waals surface area contributed by atoms with Gasteiger partial charge in [0.05, 0.1) is 5.41 Å². The summed E-state index contributed by atoms with van der Waals surface area (Å²) in [4.78, 5) is 23.3. The maximum atomic E-state index is 11.9. The van der Waals surface area contributed by atoms with E-state index >= 15 is 0 Å². The summed E-state index contributed by atoms with van der Waals surface area (Å²) < 4.78 is 0. The predicted octanol–water partition coefficient (Wildman–Crippen LogP) is 2.26. The Bertz CT molecular complexity index is 501. The monoisotopic (exact) mass is 215 g/mol. The molecule has 0 saturated heterocycles. The first-order valence-corrected chi connectivity index (χ1v) is 5.60. The third-order valence-electron chi connectivity index (χ3n) is 3.83. The molecule has 2 aliphatic rings. The van der Waals surface area contributed by atoms with Crippen molar-refractivity contribution in [1.29, 1.82) is 0 Å². The fourth-order valence-corrected chi connectivity index (χ4v) is 2.66. The highest BCUT2D eigenvalue weighted by Gasteiger charge is 2.50. The van der Waals surface area contributed by atoms with Gasteiger partial charge < -0.3 is 5.32 Å². The predicted molar refractivity (Wildman–Crippen MR) is 60.6 cm³/mol. The molecule has 0 unspecified atom stereocenters. The molecule has 1 spiro atoms. The number of fused-ring (bicyclic) bond motifs is 2. The van der Waals surface area contributed by atoms with Gasteiger partial charge in [-0.05, 0) is 43.5 Å². The molecule has 3 heteroatoms. The Hall–Kier alpha value is -1.64. The number of Topliss-reactive ketones (excluding diaryl/α,β-unsaturated/α-hetero) is 1. The fourth-order valence-electron chi connectivity index (χ4n) is 2.66. The number of carbonyl (C=O) groups is 2. The zero-order valence-corrected chi connectivity index (χ0v) is 9.17. The quantitative estimate of drug-likeness (QED) is 0.730. The smallest absolute Gasteiger partial charge is 0.235 e. The lowest BCUT2D eigenvalue weighted by Gasteiger charge is -2.36. The van der Waals surface area contributed by atoms with Crippen molar-refractivity contribution in [2.24, 2.45) is 0 Å². The first-order chi connectivity index (χ1) is 7.63. The van der Waals surface area contributed by atoms with Crippen molar-refractivity contribution in [1.82, 2.24) is 0 Å². The average Bonchev–Trinajstić information content (AvgIpc) is 2.47. The number of benzene rings is 1. The molecule has 1 N–H and O–H groups in total. The van der Waals surface area contributed by atoms with Crippen LogP contribution in [-0.2, 0) is 10.2 Å². The van der Waals surface area contributed by atoms with Gasteiger partial charge in [0.15, 0.2) is 5.78 Å². The summed E-state index contributed by atoms with van der Waals surface area (Å²) in [6.45, 7) is 1.55. The van der Waals surface area contributed by atoms with Gasteiger partial charge in [-0.1, -0.05) is 6.42 Å². The Labute approximate surface area is 93.8 Å². The number of nitrogens with one attached hydrogen (secondary N) is 1. The SMILES string of the molecule is CC(=O)c1ccc2c(c1)C1(CCC1)C(=O)N2. The molecule has 1 amide bonds. The van der Waals surface area contributed by atoms with Crippen LogP contribution in [0.1, 0.15) is 42.1 Å². The van der Waals surface area contributed by atoms with E-state index in [1.165, 1.54) is 0 Å². The van der Waals surface area contributed by atoms with Crippen molar-refractivity contribution in [2.75, 3.05) is 5.32 Å². The second-order valence-electron chi connectivity index (χ2n) is 4.71. The Balaban J connectivity index is 2.15. The molecule has 16 heavy (non-hydrogen) atoms. The van der Waals surface area contributed by atoms with Crippen LogP contribution < -0.4 is 5.32 Å². The molecule has 0 bridgehead atoms. The molecule has 1 fully saturated rings. The van der Waals surface area contributed by atoms with Crippen LogP contribution in [-0.4, -0.2) is 11.7 Å². The molecule has 1 aliphatic carbocycles. The maximum absolute atomic E-state index is 11.9. The number of hydrogen-bond acceptors (Lipinski definition) is 2. The molecule has 1 aliphatic heterocycles. The molecule has 1 heterocycles. The number of amides is 1. The van der Waals surface area contributed by atoms with Crippen molar-refractivity contribution in [3.63, 3.8) is 0 Å². The minimum Gasteiger partial charge on any atom is -0.325 e. The normalized spacial score (nSPS) is 20.2. The summed E-state index contributed by atoms with van der Waals surface area (Å²) in [6, 6.07) is 5.50. The van der Waals surface area contributed by atoms with Crippen molar-refractivity contribution < 1.29 is 9.59 Å². The molecule has 0 aromatic heterocycles. The summed E-state index contributed by atoms with van der Waals surface area (Å²) in [6.07, 6.45) is 2.91. The van der Waals surface area contributed by atoms with Crippen LogP contribution in [0.5, 0.6) is 0 Å². The van der Waals surface area contributed by atoms with Crippen molar-refractivity contribution in [2.45, 2.75) is 31.6 Å². The number of rotatable bonds is 1. The van der Waals surface area contributed by atoms with Crippen LogP contribution in [0, 0.1) is 0 Å². The third kappa shape index (κ3) is 1.03. The minimum absolute atomic E-state index is 0.0524. The van der Waals surface area contributed by atoms with Crippen molar-refractivity contribution in [3.05, 3.63) is 29.3 Å². The molecule has 1 aromatic carbocycles. The second kappa shape index (κ2) is 2.94. The van der Waals surface area contributed by atoms with Gasteiger partial charge >= 0.3 is 0 Å². The lowest BCUT2D eigenvalue weighted by Crippen LogP contribution is -2.40. The van der Waals surface area contributed by atoms with E-state index in [1.807, 2.05) is 12.1 Å². The fraction of sp³-hybridized carbons (Fsp3) is 0.385. The number of ketones is 1. The zero-order valence-electron chi connectivity index (χ0n) is 9.17. The van der Waals surface area contributed by atoms with E-state index in [0.717, 1.165) is 30.5 Å². The highest BCUT2D eigenvalue weighted by Crippen LogP contribution is 2.51. The molecule has 82 valence electrons. The lowest BCUT2D eigenvalue weighted by atomic mass is 9.65. The standard InChI is InChI=1S/C13H13NO2/c1-8(15)9-3-4-11-10(7-9)13(5-2-6-13)12(16)14-11/h3-4,7H,2,5-6H2,1H3,(H,14,16). The lowest BCUT2D eigenvalue weighted by molar-refractivity contribution is -0.123. The second-order valence-corrected chi connectivity index (χ2v) is 4.71. The number of carbonyl (C=O) groups excluding carboxylic acids is 2. The van der Waals surface area contributed by atoms with Gasteiger partial charge in [0.2, 0.25) is 5.91 Å². The summed E-state index contributed by atoms with van der Waals surface area (Å²) in [5, 5.41) is 2.91. The molecule has 3 rings (SSSR count). The molecular weight excluding hydrogens is 202 g/mol. The number of hydrogen-bond donors (Lipinski definition) is 1. The van der Waals surface area contributed by atoms with E-state index in [-0.39, 0.29) is 17.1 Å². The van der Waals surface area contributed by atoms with Crippen molar-refractivity contribution in [3.8, 4) is 0 Å². The highest BCUT2D eigenvalue weighted by atomic mass is 16.2. The van der Waals surface area contributed by atoms with E-state index in [4.69, 9.17) is 0 Å². The van der Waals surface area contributed by atoms with Crippen molar-refractivity contribution >= 4 is 17.4 Å². The van der Waals surface area contributed by atoms with Crippen LogP contribution in [0.25, 0.3) is 0 Å². The van der Waals surface area contributed by atoms with Gasteiger partial charge in [0.1, 0.15) is 0 Å². The third-order valence-corrected chi connectivity index (χ3v) is 3.83. The summed E-state index contributed by atoms with van der Waals surface area (Å²) in [7, 11) is 0. The average molecular weight is 215 g/mol. The van der Waals surface area contributed by atoms with Gasteiger partial charge in [-0.15, -0.1) is 0 Å². The molecule has 0 atom stereocenters. The van der Waals surface area contributed by atoms with E-state index in [2.05, 4.69) is 5.32 Å². The summed E-state index contributed by atoms with van der Waals surface area (Å²) in [5.41, 5.74) is 2.29. The molecule has 1 saturated carbocycles. The van der Waals surface area contributed by atoms with Gasteiger partial charge in [0, 0.05) is 11.3 Å². The minimum atomic E-state index is -0.319. The van der Waals surface area contributed by atoms with Crippen LogP contribution in [0.2, 0.25) is 0 Å². The Morgan fingerprint density at radius 1 is 1.38 bits per heavy atom. The van der Waals surface area contributed by atoms with E-state index in [0.29, 0.717) is 5.56 Å². The Morgan fingerprint density at radius 3 is 2.69 bits per heavy atom. The topological polar surface area (TPSA) is 46.2 Å². The van der Waals surface area contributed by atoms with Crippen LogP contribution in [0.4, 0.5) is 5.69 Å². The van der Waals surface area contributed by atoms with Gasteiger partial charge in [-0.2, -0.15) is 0 Å². The molecule has 1 aromatic rings. The molecule has 0 radical (unpaired) electrons. The van der Waals surface area contributed by atoms with Crippen LogP contribution in [0.3, 0.4) is 0 Å². The molecule has 3 nitrogen and oxygen atoms in total. The van der Waals surface area contributed by atoms with Gasteiger partial charge in [-0.25, -0.2) is 0 Å². The van der Waals surface area contributed by atoms with E-state index in [1.54, 1.807) is 13.0 Å². The van der Waals surface area contributed by atoms with Gasteiger partial charge in [-0.3, -0.25) is 9.59 Å². The number of anilines is 1. The summed E-state index contributed by atoms with van der Waals surface area (Å²) >= 11 is 0. The first kappa shape index (κ1) is 9.58. The highest BCUT2D eigenvalue weighted by molar-refractivity contribution is 6.08. The van der Waals surface area contributed by atoms with E-state index < -0.39 is 0 Å². The summed E-state index contributed by atoms with van der Waals surface area (Å²) in [5.74, 6) is 0.158. The largest absolute Gasteiger partial charge is 0.325 e. The van der Waals surface area contributed by atoms with Gasteiger partial charge in [0.25, 0.3) is 0 Å².